The van der Waals surface area contributed by atoms with Gasteiger partial charge < -0.3 is 26.0 Å². The summed E-state index contributed by atoms with van der Waals surface area (Å²) in [6, 6.07) is 3.39. The Hall–Kier alpha value is -3.10. The predicted octanol–water partition coefficient (Wildman–Crippen LogP) is 4.05. The first-order valence-electron chi connectivity index (χ1n) is 12.9. The first-order chi connectivity index (χ1) is 16.9. The Morgan fingerprint density at radius 3 is 2.11 bits per heavy atom. The van der Waals surface area contributed by atoms with Crippen LogP contribution in [0.5, 0.6) is 0 Å². The number of nitrogens with zero attached hydrogens (tertiary/aromatic N) is 1. The molecule has 0 fully saturated rings. The van der Waals surface area contributed by atoms with Crippen molar-refractivity contribution in [2.24, 2.45) is 5.73 Å². The van der Waals surface area contributed by atoms with Crippen molar-refractivity contribution < 1.29 is 23.9 Å². The number of carbonyl (C=O) groups is 4. The maximum atomic E-state index is 14.3. The van der Waals surface area contributed by atoms with Crippen LogP contribution in [0.3, 0.4) is 0 Å². The molecule has 1 aromatic carbocycles. The number of hydrogen-bond acceptors (Lipinski definition) is 5. The van der Waals surface area contributed by atoms with Gasteiger partial charge in [0.2, 0.25) is 17.7 Å². The van der Waals surface area contributed by atoms with E-state index in [-0.39, 0.29) is 24.8 Å². The van der Waals surface area contributed by atoms with Crippen LogP contribution in [0.1, 0.15) is 97.4 Å². The molecule has 0 aromatic heterocycles. The standard InChI is InChI=1S/C28H46N4O5/c1-11-28(9,10)32(23(24(34)30-17(2)3)20-14-12-13-18(4)19(20)5)25(35)21(15-16-22(29)33)31-26(36)37-27(6,7)8/h12-14,17,21,23H,11,15-16H2,1-10H3,(H2,29,33)(H,30,34)(H,31,36). The quantitative estimate of drug-likeness (QED) is 0.407. The van der Waals surface area contributed by atoms with E-state index in [1.54, 1.807) is 20.8 Å². The van der Waals surface area contributed by atoms with Crippen LogP contribution in [-0.2, 0) is 19.1 Å². The molecule has 1 aromatic rings. The molecule has 2 atom stereocenters. The van der Waals surface area contributed by atoms with Gasteiger partial charge in [-0.3, -0.25) is 14.4 Å². The highest BCUT2D eigenvalue weighted by Gasteiger charge is 2.43. The lowest BCUT2D eigenvalue weighted by Gasteiger charge is -2.45. The number of carbonyl (C=O) groups excluding carboxylic acids is 4. The molecule has 0 saturated carbocycles. The van der Waals surface area contributed by atoms with Crippen LogP contribution in [0.25, 0.3) is 0 Å². The lowest BCUT2D eigenvalue weighted by molar-refractivity contribution is -0.149. The van der Waals surface area contributed by atoms with E-state index >= 15 is 0 Å². The Labute approximate surface area is 221 Å². The Balaban J connectivity index is 3.73. The molecule has 0 spiro atoms. The van der Waals surface area contributed by atoms with E-state index in [0.717, 1.165) is 11.1 Å². The second kappa shape index (κ2) is 12.9. The van der Waals surface area contributed by atoms with Gasteiger partial charge in [0.05, 0.1) is 0 Å². The third-order valence-corrected chi connectivity index (χ3v) is 6.30. The molecule has 2 unspecified atom stereocenters. The minimum absolute atomic E-state index is 0.0327. The van der Waals surface area contributed by atoms with Gasteiger partial charge in [0.15, 0.2) is 0 Å². The lowest BCUT2D eigenvalue weighted by Crippen LogP contribution is -2.59. The van der Waals surface area contributed by atoms with Crippen LogP contribution in [-0.4, -0.2) is 51.9 Å². The van der Waals surface area contributed by atoms with E-state index in [4.69, 9.17) is 10.5 Å². The van der Waals surface area contributed by atoms with E-state index in [1.165, 1.54) is 4.90 Å². The summed E-state index contributed by atoms with van der Waals surface area (Å²) in [7, 11) is 0. The van der Waals surface area contributed by atoms with Crippen LogP contribution in [0.2, 0.25) is 0 Å². The Morgan fingerprint density at radius 2 is 1.62 bits per heavy atom. The van der Waals surface area contributed by atoms with Crippen molar-refractivity contribution in [3.05, 3.63) is 34.9 Å². The van der Waals surface area contributed by atoms with Gasteiger partial charge in [-0.05, 0) is 91.8 Å². The van der Waals surface area contributed by atoms with Crippen molar-refractivity contribution in [1.82, 2.24) is 15.5 Å². The fourth-order valence-corrected chi connectivity index (χ4v) is 3.94. The fraction of sp³-hybridized carbons (Fsp3) is 0.643. The molecule has 0 heterocycles. The third kappa shape index (κ3) is 9.37. The van der Waals surface area contributed by atoms with E-state index in [2.05, 4.69) is 10.6 Å². The van der Waals surface area contributed by atoms with Crippen LogP contribution in [0.4, 0.5) is 4.79 Å². The summed E-state index contributed by atoms with van der Waals surface area (Å²) in [5, 5.41) is 5.59. The lowest BCUT2D eigenvalue weighted by atomic mass is 9.89. The van der Waals surface area contributed by atoms with E-state index < -0.39 is 41.1 Å². The number of hydrogen-bond donors (Lipinski definition) is 3. The number of aryl methyl sites for hydroxylation is 1. The molecule has 208 valence electrons. The fourth-order valence-electron chi connectivity index (χ4n) is 3.94. The number of nitrogens with one attached hydrogen (secondary N) is 2. The summed E-state index contributed by atoms with van der Waals surface area (Å²) in [5.41, 5.74) is 6.38. The molecule has 9 nitrogen and oxygen atoms in total. The SMILES string of the molecule is CCC(C)(C)N(C(=O)C(CCC(N)=O)NC(=O)OC(C)(C)C)C(C(=O)NC(C)C)c1cccc(C)c1C. The van der Waals surface area contributed by atoms with Crippen LogP contribution in [0.15, 0.2) is 18.2 Å². The zero-order valence-corrected chi connectivity index (χ0v) is 24.2. The molecular formula is C28H46N4O5. The Morgan fingerprint density at radius 1 is 1.03 bits per heavy atom. The van der Waals surface area contributed by atoms with Gasteiger partial charge in [-0.25, -0.2) is 4.79 Å². The van der Waals surface area contributed by atoms with Crippen molar-refractivity contribution in [1.29, 1.82) is 0 Å². The van der Waals surface area contributed by atoms with Crippen LogP contribution >= 0.6 is 0 Å². The predicted molar refractivity (Wildman–Crippen MR) is 145 cm³/mol. The molecule has 0 radical (unpaired) electrons. The number of nitrogens with two attached hydrogens (primary N) is 1. The van der Waals surface area contributed by atoms with Crippen molar-refractivity contribution in [3.63, 3.8) is 0 Å². The highest BCUT2D eigenvalue weighted by atomic mass is 16.6. The largest absolute Gasteiger partial charge is 0.444 e. The molecule has 9 heteroatoms. The van der Waals surface area contributed by atoms with E-state index in [0.29, 0.717) is 12.0 Å². The molecule has 0 saturated heterocycles. The molecule has 0 aliphatic carbocycles. The first kappa shape index (κ1) is 31.9. The summed E-state index contributed by atoms with van der Waals surface area (Å²) in [5.74, 6) is -1.43. The van der Waals surface area contributed by atoms with Crippen molar-refractivity contribution in [3.8, 4) is 0 Å². The van der Waals surface area contributed by atoms with Gasteiger partial charge in [0.1, 0.15) is 17.7 Å². The van der Waals surface area contributed by atoms with Gasteiger partial charge in [-0.2, -0.15) is 0 Å². The number of amides is 4. The summed E-state index contributed by atoms with van der Waals surface area (Å²) in [6.07, 6.45) is -0.419. The maximum absolute atomic E-state index is 14.3. The zero-order valence-electron chi connectivity index (χ0n) is 24.2. The average Bonchev–Trinajstić information content (AvgIpc) is 2.74. The molecule has 0 bridgehead atoms. The van der Waals surface area contributed by atoms with Crippen LogP contribution in [0, 0.1) is 13.8 Å². The van der Waals surface area contributed by atoms with Gasteiger partial charge in [-0.15, -0.1) is 0 Å². The Bertz CT molecular complexity index is 981. The van der Waals surface area contributed by atoms with Gasteiger partial charge in [0, 0.05) is 18.0 Å². The molecule has 1 rings (SSSR count). The van der Waals surface area contributed by atoms with Crippen molar-refractivity contribution in [2.45, 2.75) is 118 Å². The first-order valence-corrected chi connectivity index (χ1v) is 12.9. The monoisotopic (exact) mass is 518 g/mol. The average molecular weight is 519 g/mol. The normalized spacial score (nSPS) is 13.5. The summed E-state index contributed by atoms with van der Waals surface area (Å²) >= 11 is 0. The van der Waals surface area contributed by atoms with Crippen molar-refractivity contribution >= 4 is 23.8 Å². The minimum Gasteiger partial charge on any atom is -0.444 e. The smallest absolute Gasteiger partial charge is 0.408 e. The summed E-state index contributed by atoms with van der Waals surface area (Å²) in [4.78, 5) is 53.9. The molecule has 4 amide bonds. The van der Waals surface area contributed by atoms with E-state index in [1.807, 2.05) is 66.7 Å². The van der Waals surface area contributed by atoms with Gasteiger partial charge in [0.25, 0.3) is 0 Å². The number of primary amides is 1. The molecule has 37 heavy (non-hydrogen) atoms. The molecule has 0 aliphatic rings. The number of rotatable bonds is 11. The van der Waals surface area contributed by atoms with Crippen molar-refractivity contribution in [2.75, 3.05) is 0 Å². The third-order valence-electron chi connectivity index (χ3n) is 6.30. The van der Waals surface area contributed by atoms with E-state index in [9.17, 15) is 19.2 Å². The highest BCUT2D eigenvalue weighted by Crippen LogP contribution is 2.34. The highest BCUT2D eigenvalue weighted by molar-refractivity contribution is 5.93. The topological polar surface area (TPSA) is 131 Å². The maximum Gasteiger partial charge on any atom is 0.408 e. The summed E-state index contributed by atoms with van der Waals surface area (Å²) in [6.45, 7) is 18.4. The number of ether oxygens (including phenoxy) is 1. The molecular weight excluding hydrogens is 472 g/mol. The minimum atomic E-state index is -1.13. The molecule has 4 N–H and O–H groups in total. The number of alkyl carbamates (subject to hydrolysis) is 1. The van der Waals surface area contributed by atoms with Gasteiger partial charge in [-0.1, -0.05) is 25.1 Å². The second-order valence-electron chi connectivity index (χ2n) is 11.4. The van der Waals surface area contributed by atoms with Gasteiger partial charge >= 0.3 is 6.09 Å². The Kier molecular flexibility index (Phi) is 11.2. The zero-order chi connectivity index (χ0) is 28.7. The second-order valence-corrected chi connectivity index (χ2v) is 11.4. The molecule has 0 aliphatic heterocycles. The summed E-state index contributed by atoms with van der Waals surface area (Å²) < 4.78 is 5.38. The van der Waals surface area contributed by atoms with Crippen LogP contribution < -0.4 is 16.4 Å². The number of benzene rings is 1.